The molecule has 2 fully saturated rings. The molecule has 0 bridgehead atoms. The van der Waals surface area contributed by atoms with Gasteiger partial charge in [-0.2, -0.15) is 0 Å². The highest BCUT2D eigenvalue weighted by atomic mass is 35.5. The van der Waals surface area contributed by atoms with Gasteiger partial charge in [-0.3, -0.25) is 4.79 Å². The summed E-state index contributed by atoms with van der Waals surface area (Å²) < 4.78 is 26.6. The van der Waals surface area contributed by atoms with Crippen LogP contribution in [0.5, 0.6) is 0 Å². The number of amides is 1. The molecule has 0 radical (unpaired) electrons. The first-order valence-electron chi connectivity index (χ1n) is 6.68. The van der Waals surface area contributed by atoms with Crippen molar-refractivity contribution in [1.82, 2.24) is 5.32 Å². The van der Waals surface area contributed by atoms with Gasteiger partial charge in [-0.05, 0) is 43.8 Å². The van der Waals surface area contributed by atoms with Crippen LogP contribution in [0.25, 0.3) is 0 Å². The largest absolute Gasteiger partial charge is 0.322 e. The van der Waals surface area contributed by atoms with E-state index in [1.165, 1.54) is 0 Å². The van der Waals surface area contributed by atoms with Crippen LogP contribution in [0.4, 0.5) is 14.5 Å². The van der Waals surface area contributed by atoms with Crippen molar-refractivity contribution in [2.75, 3.05) is 18.4 Å². The van der Waals surface area contributed by atoms with E-state index in [-0.39, 0.29) is 28.0 Å². The smallest absolute Gasteiger partial charge is 0.228 e. The molecular weight excluding hydrogens is 286 g/mol. The molecule has 1 amide bonds. The van der Waals surface area contributed by atoms with Crippen molar-refractivity contribution >= 4 is 23.2 Å². The molecule has 2 aliphatic rings. The molecule has 1 unspecified atom stereocenters. The van der Waals surface area contributed by atoms with Crippen LogP contribution in [-0.4, -0.2) is 19.0 Å². The van der Waals surface area contributed by atoms with Crippen molar-refractivity contribution in [3.05, 3.63) is 28.8 Å². The van der Waals surface area contributed by atoms with Gasteiger partial charge in [-0.25, -0.2) is 8.78 Å². The summed E-state index contributed by atoms with van der Waals surface area (Å²) in [5.74, 6) is -1.92. The molecule has 1 atom stereocenters. The molecule has 1 aliphatic heterocycles. The SMILES string of the molecule is O=C(Nc1c(F)cc(F)cc1Cl)C1CC12CCNCC2. The highest BCUT2D eigenvalue weighted by Crippen LogP contribution is 2.58. The minimum atomic E-state index is -0.844. The van der Waals surface area contributed by atoms with Gasteiger partial charge >= 0.3 is 0 Å². The van der Waals surface area contributed by atoms with E-state index in [1.807, 2.05) is 0 Å². The summed E-state index contributed by atoms with van der Waals surface area (Å²) in [4.78, 5) is 12.2. The monoisotopic (exact) mass is 300 g/mol. The Bertz CT molecular complexity index is 535. The number of benzene rings is 1. The van der Waals surface area contributed by atoms with E-state index < -0.39 is 11.6 Å². The summed E-state index contributed by atoms with van der Waals surface area (Å²) in [5, 5.41) is 5.65. The van der Waals surface area contributed by atoms with E-state index >= 15 is 0 Å². The number of rotatable bonds is 2. The number of carbonyl (C=O) groups excluding carboxylic acids is 1. The van der Waals surface area contributed by atoms with Crippen molar-refractivity contribution in [3.63, 3.8) is 0 Å². The Balaban J connectivity index is 1.72. The number of hydrogen-bond donors (Lipinski definition) is 2. The third-order valence-electron chi connectivity index (χ3n) is 4.36. The fourth-order valence-electron chi connectivity index (χ4n) is 3.07. The zero-order valence-electron chi connectivity index (χ0n) is 10.8. The lowest BCUT2D eigenvalue weighted by atomic mass is 9.92. The minimum Gasteiger partial charge on any atom is -0.322 e. The first-order valence-corrected chi connectivity index (χ1v) is 7.06. The maximum atomic E-state index is 13.6. The van der Waals surface area contributed by atoms with Crippen LogP contribution in [-0.2, 0) is 4.79 Å². The van der Waals surface area contributed by atoms with Crippen LogP contribution >= 0.6 is 11.6 Å². The Morgan fingerprint density at radius 1 is 1.35 bits per heavy atom. The normalized spacial score (nSPS) is 23.6. The van der Waals surface area contributed by atoms with Crippen LogP contribution in [0.3, 0.4) is 0 Å². The molecule has 1 aliphatic carbocycles. The van der Waals surface area contributed by atoms with Gasteiger partial charge in [0.1, 0.15) is 5.82 Å². The number of piperidine rings is 1. The Morgan fingerprint density at radius 3 is 2.70 bits per heavy atom. The van der Waals surface area contributed by atoms with Gasteiger partial charge in [0.15, 0.2) is 5.82 Å². The van der Waals surface area contributed by atoms with Gasteiger partial charge in [-0.1, -0.05) is 11.6 Å². The zero-order chi connectivity index (χ0) is 14.3. The molecule has 1 saturated heterocycles. The molecule has 0 aromatic heterocycles. The lowest BCUT2D eigenvalue weighted by molar-refractivity contribution is -0.118. The Labute approximate surface area is 120 Å². The third kappa shape index (κ3) is 2.40. The second kappa shape index (κ2) is 4.97. The quantitative estimate of drug-likeness (QED) is 0.882. The van der Waals surface area contributed by atoms with Crippen LogP contribution in [0.15, 0.2) is 12.1 Å². The predicted octanol–water partition coefficient (Wildman–Crippen LogP) is 2.95. The van der Waals surface area contributed by atoms with Crippen molar-refractivity contribution in [2.24, 2.45) is 11.3 Å². The molecule has 108 valence electrons. The summed E-state index contributed by atoms with van der Waals surface area (Å²) >= 11 is 5.78. The average Bonchev–Trinajstić information content (AvgIpc) is 3.08. The van der Waals surface area contributed by atoms with Crippen molar-refractivity contribution in [3.8, 4) is 0 Å². The first-order chi connectivity index (χ1) is 9.52. The van der Waals surface area contributed by atoms with E-state index in [2.05, 4.69) is 10.6 Å². The number of anilines is 1. The second-order valence-electron chi connectivity index (χ2n) is 5.60. The summed E-state index contributed by atoms with van der Waals surface area (Å²) in [5.41, 5.74) is -0.0627. The van der Waals surface area contributed by atoms with Crippen molar-refractivity contribution in [1.29, 1.82) is 0 Å². The van der Waals surface area contributed by atoms with E-state index in [9.17, 15) is 13.6 Å². The molecule has 1 aromatic carbocycles. The average molecular weight is 301 g/mol. The zero-order valence-corrected chi connectivity index (χ0v) is 11.6. The van der Waals surface area contributed by atoms with Gasteiger partial charge in [0, 0.05) is 12.0 Å². The molecule has 1 spiro atoms. The second-order valence-corrected chi connectivity index (χ2v) is 6.01. The van der Waals surface area contributed by atoms with Crippen LogP contribution < -0.4 is 10.6 Å². The predicted molar refractivity (Wildman–Crippen MR) is 72.6 cm³/mol. The lowest BCUT2D eigenvalue weighted by Gasteiger charge is -2.23. The fraction of sp³-hybridized carbons (Fsp3) is 0.500. The van der Waals surface area contributed by atoms with Crippen molar-refractivity contribution < 1.29 is 13.6 Å². The number of halogens is 3. The molecular formula is C14H15ClF2N2O. The van der Waals surface area contributed by atoms with E-state index in [1.54, 1.807) is 0 Å². The maximum Gasteiger partial charge on any atom is 0.228 e. The molecule has 3 nitrogen and oxygen atoms in total. The highest BCUT2D eigenvalue weighted by molar-refractivity contribution is 6.33. The third-order valence-corrected chi connectivity index (χ3v) is 4.66. The topological polar surface area (TPSA) is 41.1 Å². The number of carbonyl (C=O) groups is 1. The fourth-order valence-corrected chi connectivity index (χ4v) is 3.31. The van der Waals surface area contributed by atoms with Crippen molar-refractivity contribution in [2.45, 2.75) is 19.3 Å². The molecule has 2 N–H and O–H groups in total. The molecule has 1 aromatic rings. The molecule has 1 heterocycles. The molecule has 1 saturated carbocycles. The summed E-state index contributed by atoms with van der Waals surface area (Å²) in [6, 6.07) is 1.71. The highest BCUT2D eigenvalue weighted by Gasteiger charge is 2.57. The summed E-state index contributed by atoms with van der Waals surface area (Å²) in [7, 11) is 0. The van der Waals surface area contributed by atoms with Gasteiger partial charge in [0.05, 0.1) is 10.7 Å². The van der Waals surface area contributed by atoms with Gasteiger partial charge in [0.25, 0.3) is 0 Å². The number of hydrogen-bond acceptors (Lipinski definition) is 2. The van der Waals surface area contributed by atoms with E-state index in [4.69, 9.17) is 11.6 Å². The Morgan fingerprint density at radius 2 is 2.05 bits per heavy atom. The summed E-state index contributed by atoms with van der Waals surface area (Å²) in [6.07, 6.45) is 2.76. The maximum absolute atomic E-state index is 13.6. The minimum absolute atomic E-state index is 0.0678. The molecule has 20 heavy (non-hydrogen) atoms. The molecule has 6 heteroatoms. The van der Waals surface area contributed by atoms with Crippen LogP contribution in [0.2, 0.25) is 5.02 Å². The van der Waals surface area contributed by atoms with Gasteiger partial charge < -0.3 is 10.6 Å². The summed E-state index contributed by atoms with van der Waals surface area (Å²) in [6.45, 7) is 1.82. The van der Waals surface area contributed by atoms with Crippen LogP contribution in [0.1, 0.15) is 19.3 Å². The standard InChI is InChI=1S/C14H15ClF2N2O/c15-10-5-8(16)6-11(17)12(10)19-13(20)9-7-14(9)1-3-18-4-2-14/h5-6,9,18H,1-4,7H2,(H,19,20). The van der Waals surface area contributed by atoms with Gasteiger partial charge in [-0.15, -0.1) is 0 Å². The van der Waals surface area contributed by atoms with Crippen LogP contribution in [0, 0.1) is 23.0 Å². The van der Waals surface area contributed by atoms with Gasteiger partial charge in [0.2, 0.25) is 5.91 Å². The Hall–Kier alpha value is -1.20. The van der Waals surface area contributed by atoms with E-state index in [0.717, 1.165) is 38.4 Å². The molecule has 3 rings (SSSR count). The lowest BCUT2D eigenvalue weighted by Crippen LogP contribution is -2.31. The van der Waals surface area contributed by atoms with E-state index in [0.29, 0.717) is 6.07 Å². The Kier molecular flexibility index (Phi) is 3.42. The first kappa shape index (κ1) is 13.8. The number of nitrogens with one attached hydrogen (secondary N) is 2.